The molecule has 0 atom stereocenters. The molecule has 0 aromatic heterocycles. The number of alkyl halides is 2. The van der Waals surface area contributed by atoms with Crippen LogP contribution in [0.25, 0.3) is 0 Å². The maximum absolute atomic E-state index is 13.3. The van der Waals surface area contributed by atoms with Gasteiger partial charge in [-0.3, -0.25) is 0 Å². The summed E-state index contributed by atoms with van der Waals surface area (Å²) in [6.07, 6.45) is 2.42. The molecule has 1 nitrogen and oxygen atoms in total. The van der Waals surface area contributed by atoms with Crippen LogP contribution in [0.2, 0.25) is 0 Å². The lowest BCUT2D eigenvalue weighted by Gasteiger charge is -2.16. The minimum Gasteiger partial charge on any atom is -0.330 e. The molecule has 3 heteroatoms. The zero-order valence-corrected chi connectivity index (χ0v) is 9.89. The summed E-state index contributed by atoms with van der Waals surface area (Å²) in [6.45, 7) is 3.48. The highest BCUT2D eigenvalue weighted by Crippen LogP contribution is 2.31. The minimum absolute atomic E-state index is 0.148. The molecular formula is C13H19F2N. The molecule has 0 radical (unpaired) electrons. The Labute approximate surface area is 95.7 Å². The molecule has 0 saturated carbocycles. The van der Waals surface area contributed by atoms with Crippen LogP contribution in [0.15, 0.2) is 18.2 Å². The largest absolute Gasteiger partial charge is 0.330 e. The third-order valence-corrected chi connectivity index (χ3v) is 2.63. The van der Waals surface area contributed by atoms with Gasteiger partial charge in [-0.1, -0.05) is 23.8 Å². The van der Waals surface area contributed by atoms with Crippen molar-refractivity contribution < 1.29 is 8.78 Å². The van der Waals surface area contributed by atoms with Gasteiger partial charge >= 0.3 is 0 Å². The highest BCUT2D eigenvalue weighted by molar-refractivity contribution is 5.34. The highest BCUT2D eigenvalue weighted by atomic mass is 19.3. The van der Waals surface area contributed by atoms with E-state index < -0.39 is 5.92 Å². The average Bonchev–Trinajstić information content (AvgIpc) is 2.16. The van der Waals surface area contributed by atoms with Crippen molar-refractivity contribution in [1.29, 1.82) is 0 Å². The lowest BCUT2D eigenvalue weighted by molar-refractivity contribution is 0.0165. The van der Waals surface area contributed by atoms with Crippen LogP contribution in [0.1, 0.15) is 36.5 Å². The second kappa shape index (κ2) is 5.39. The van der Waals surface area contributed by atoms with Gasteiger partial charge in [-0.25, -0.2) is 8.78 Å². The van der Waals surface area contributed by atoms with E-state index >= 15 is 0 Å². The van der Waals surface area contributed by atoms with Gasteiger partial charge in [-0.15, -0.1) is 0 Å². The number of aryl methyl sites for hydroxylation is 2. The summed E-state index contributed by atoms with van der Waals surface area (Å²) in [4.78, 5) is 0. The van der Waals surface area contributed by atoms with Crippen molar-refractivity contribution in [1.82, 2.24) is 0 Å². The first-order valence-electron chi connectivity index (χ1n) is 5.63. The van der Waals surface area contributed by atoms with Gasteiger partial charge in [0.15, 0.2) is 0 Å². The van der Waals surface area contributed by atoms with Gasteiger partial charge in [0.05, 0.1) is 0 Å². The fraction of sp³-hybridized carbons (Fsp3) is 0.538. The Kier molecular flexibility index (Phi) is 4.42. The molecule has 0 aliphatic rings. The number of rotatable bonds is 5. The van der Waals surface area contributed by atoms with Crippen LogP contribution in [0.4, 0.5) is 8.78 Å². The van der Waals surface area contributed by atoms with Crippen LogP contribution in [-0.4, -0.2) is 6.54 Å². The second-order valence-corrected chi connectivity index (χ2v) is 4.29. The van der Waals surface area contributed by atoms with Gasteiger partial charge in [0.2, 0.25) is 0 Å². The molecule has 0 aliphatic carbocycles. The third kappa shape index (κ3) is 3.56. The van der Waals surface area contributed by atoms with Crippen molar-refractivity contribution in [2.24, 2.45) is 5.73 Å². The maximum Gasteiger partial charge on any atom is 0.270 e. The molecule has 0 unspecified atom stereocenters. The van der Waals surface area contributed by atoms with Gasteiger partial charge in [0.25, 0.3) is 5.92 Å². The SMILES string of the molecule is Cc1ccc(C(C)(F)F)c(CCCCN)c1. The summed E-state index contributed by atoms with van der Waals surface area (Å²) >= 11 is 0. The first kappa shape index (κ1) is 13.1. The molecule has 1 aromatic rings. The Balaban J connectivity index is 2.90. The third-order valence-electron chi connectivity index (χ3n) is 2.63. The summed E-state index contributed by atoms with van der Waals surface area (Å²) in [5, 5.41) is 0. The van der Waals surface area contributed by atoms with Gasteiger partial charge in [0, 0.05) is 12.5 Å². The molecule has 2 N–H and O–H groups in total. The quantitative estimate of drug-likeness (QED) is 0.767. The van der Waals surface area contributed by atoms with E-state index in [1.165, 1.54) is 6.07 Å². The van der Waals surface area contributed by atoms with E-state index in [2.05, 4.69) is 0 Å². The predicted octanol–water partition coefficient (Wildman–Crippen LogP) is 3.39. The van der Waals surface area contributed by atoms with E-state index in [0.717, 1.165) is 30.9 Å². The fourth-order valence-corrected chi connectivity index (χ4v) is 1.82. The molecule has 0 aliphatic heterocycles. The van der Waals surface area contributed by atoms with E-state index in [-0.39, 0.29) is 5.56 Å². The van der Waals surface area contributed by atoms with Crippen molar-refractivity contribution in [3.8, 4) is 0 Å². The number of halogens is 2. The van der Waals surface area contributed by atoms with Crippen LogP contribution >= 0.6 is 0 Å². The summed E-state index contributed by atoms with van der Waals surface area (Å²) < 4.78 is 26.7. The molecule has 0 saturated heterocycles. The molecule has 0 amide bonds. The smallest absolute Gasteiger partial charge is 0.270 e. The Bertz CT molecular complexity index is 342. The van der Waals surface area contributed by atoms with E-state index in [4.69, 9.17) is 5.73 Å². The van der Waals surface area contributed by atoms with Crippen molar-refractivity contribution in [2.45, 2.75) is 39.0 Å². The average molecular weight is 227 g/mol. The molecule has 1 rings (SSSR count). The van der Waals surface area contributed by atoms with Crippen molar-refractivity contribution in [3.05, 3.63) is 34.9 Å². The van der Waals surface area contributed by atoms with Crippen molar-refractivity contribution in [3.63, 3.8) is 0 Å². The summed E-state index contributed by atoms with van der Waals surface area (Å²) in [6, 6.07) is 5.12. The summed E-state index contributed by atoms with van der Waals surface area (Å²) in [5.74, 6) is -2.76. The van der Waals surface area contributed by atoms with Gasteiger partial charge in [0.1, 0.15) is 0 Å². The van der Waals surface area contributed by atoms with Crippen LogP contribution in [0, 0.1) is 6.92 Å². The zero-order valence-electron chi connectivity index (χ0n) is 9.89. The fourth-order valence-electron chi connectivity index (χ4n) is 1.82. The lowest BCUT2D eigenvalue weighted by atomic mass is 9.96. The topological polar surface area (TPSA) is 26.0 Å². The highest BCUT2D eigenvalue weighted by Gasteiger charge is 2.26. The first-order chi connectivity index (χ1) is 7.45. The zero-order chi connectivity index (χ0) is 12.2. The minimum atomic E-state index is -2.76. The predicted molar refractivity (Wildman–Crippen MR) is 62.7 cm³/mol. The number of hydrogen-bond acceptors (Lipinski definition) is 1. The molecule has 0 spiro atoms. The number of hydrogen-bond donors (Lipinski definition) is 1. The van der Waals surface area contributed by atoms with E-state index in [9.17, 15) is 8.78 Å². The molecule has 0 heterocycles. The molecule has 0 bridgehead atoms. The normalized spacial score (nSPS) is 11.8. The molecule has 1 aromatic carbocycles. The van der Waals surface area contributed by atoms with Crippen molar-refractivity contribution in [2.75, 3.05) is 6.54 Å². The van der Waals surface area contributed by atoms with Gasteiger partial charge in [-0.2, -0.15) is 0 Å². The Morgan fingerprint density at radius 3 is 2.50 bits per heavy atom. The molecule has 16 heavy (non-hydrogen) atoms. The number of benzene rings is 1. The monoisotopic (exact) mass is 227 g/mol. The van der Waals surface area contributed by atoms with Gasteiger partial charge < -0.3 is 5.73 Å². The summed E-state index contributed by atoms with van der Waals surface area (Å²) in [7, 11) is 0. The van der Waals surface area contributed by atoms with E-state index in [0.29, 0.717) is 13.0 Å². The number of nitrogens with two attached hydrogens (primary N) is 1. The van der Waals surface area contributed by atoms with Crippen LogP contribution < -0.4 is 5.73 Å². The van der Waals surface area contributed by atoms with E-state index in [1.807, 2.05) is 13.0 Å². The van der Waals surface area contributed by atoms with E-state index in [1.54, 1.807) is 6.07 Å². The number of unbranched alkanes of at least 4 members (excludes halogenated alkanes) is 1. The first-order valence-corrected chi connectivity index (χ1v) is 5.63. The van der Waals surface area contributed by atoms with Crippen LogP contribution in [0.3, 0.4) is 0 Å². The molecular weight excluding hydrogens is 208 g/mol. The van der Waals surface area contributed by atoms with Crippen LogP contribution in [0.5, 0.6) is 0 Å². The Hall–Kier alpha value is -0.960. The standard InChI is InChI=1S/C13H19F2N/c1-10-6-7-12(13(2,14)15)11(9-10)5-3-4-8-16/h6-7,9H,3-5,8,16H2,1-2H3. The lowest BCUT2D eigenvalue weighted by Crippen LogP contribution is -2.11. The Morgan fingerprint density at radius 1 is 1.25 bits per heavy atom. The summed E-state index contributed by atoms with van der Waals surface area (Å²) in [5.41, 5.74) is 7.32. The Morgan fingerprint density at radius 2 is 1.94 bits per heavy atom. The molecule has 0 fully saturated rings. The van der Waals surface area contributed by atoms with Crippen molar-refractivity contribution >= 4 is 0 Å². The second-order valence-electron chi connectivity index (χ2n) is 4.29. The molecule has 90 valence electrons. The van der Waals surface area contributed by atoms with Crippen LogP contribution in [-0.2, 0) is 12.3 Å². The maximum atomic E-state index is 13.3. The van der Waals surface area contributed by atoms with Gasteiger partial charge in [-0.05, 0) is 38.3 Å².